The maximum atomic E-state index is 6.31. The van der Waals surface area contributed by atoms with Crippen molar-refractivity contribution in [3.8, 4) is 0 Å². The van der Waals surface area contributed by atoms with Gasteiger partial charge < -0.3 is 4.52 Å². The second-order valence-electron chi connectivity index (χ2n) is 5.84. The third kappa shape index (κ3) is 4.17. The maximum Gasteiger partial charge on any atom is 0.127 e. The van der Waals surface area contributed by atoms with Gasteiger partial charge in [-0.25, -0.2) is 0 Å². The normalized spacial score (nSPS) is 33.4. The zero-order chi connectivity index (χ0) is 12.3. The summed E-state index contributed by atoms with van der Waals surface area (Å²) in [5.74, 6) is 2.22. The Morgan fingerprint density at radius 3 is 2.31 bits per heavy atom. The van der Waals surface area contributed by atoms with Crippen molar-refractivity contribution in [3.05, 3.63) is 0 Å². The van der Waals surface area contributed by atoms with E-state index in [0.29, 0.717) is 23.6 Å². The largest absolute Gasteiger partial charge is 0.339 e. The first-order valence-electron chi connectivity index (χ1n) is 6.53. The number of halogens is 1. The Kier molecular flexibility index (Phi) is 6.05. The smallest absolute Gasteiger partial charge is 0.127 e. The van der Waals surface area contributed by atoms with Crippen molar-refractivity contribution in [1.82, 2.24) is 0 Å². The molecular formula is C13H26ClOP. The minimum Gasteiger partial charge on any atom is -0.339 e. The molecule has 4 atom stereocenters. The van der Waals surface area contributed by atoms with Gasteiger partial charge in [0.2, 0.25) is 0 Å². The molecule has 1 saturated carbocycles. The SMILES string of the molecule is CC1CCC(C(C)C)C(OP(Cl)C(C)C)C1. The molecule has 1 nitrogen and oxygen atoms in total. The van der Waals surface area contributed by atoms with Crippen molar-refractivity contribution in [2.45, 2.75) is 65.6 Å². The molecule has 1 rings (SSSR count). The van der Waals surface area contributed by atoms with Crippen molar-refractivity contribution in [2.24, 2.45) is 17.8 Å². The second-order valence-corrected chi connectivity index (χ2v) is 8.62. The summed E-state index contributed by atoms with van der Waals surface area (Å²) in [6, 6.07) is 0. The molecule has 0 N–H and O–H groups in total. The third-order valence-corrected chi connectivity index (χ3v) is 6.30. The van der Waals surface area contributed by atoms with E-state index in [-0.39, 0.29) is 0 Å². The van der Waals surface area contributed by atoms with Gasteiger partial charge in [-0.3, -0.25) is 0 Å². The van der Waals surface area contributed by atoms with Crippen LogP contribution in [-0.2, 0) is 4.52 Å². The first-order chi connectivity index (χ1) is 7.41. The molecule has 0 saturated heterocycles. The van der Waals surface area contributed by atoms with Crippen molar-refractivity contribution in [3.63, 3.8) is 0 Å². The van der Waals surface area contributed by atoms with E-state index in [4.69, 9.17) is 15.8 Å². The molecule has 0 spiro atoms. The van der Waals surface area contributed by atoms with E-state index in [1.807, 2.05) is 0 Å². The molecule has 1 aliphatic carbocycles. The lowest BCUT2D eigenvalue weighted by Crippen LogP contribution is -2.33. The quantitative estimate of drug-likeness (QED) is 0.616. The number of rotatable bonds is 4. The Balaban J connectivity index is 2.57. The third-order valence-electron chi connectivity index (χ3n) is 3.60. The van der Waals surface area contributed by atoms with Gasteiger partial charge in [0.05, 0.1) is 6.10 Å². The Morgan fingerprint density at radius 2 is 1.81 bits per heavy atom. The van der Waals surface area contributed by atoms with Crippen molar-refractivity contribution >= 4 is 18.7 Å². The molecule has 16 heavy (non-hydrogen) atoms. The van der Waals surface area contributed by atoms with Crippen molar-refractivity contribution < 1.29 is 4.52 Å². The van der Waals surface area contributed by atoms with Crippen LogP contribution in [-0.4, -0.2) is 11.8 Å². The zero-order valence-corrected chi connectivity index (χ0v) is 12.9. The topological polar surface area (TPSA) is 9.23 Å². The first kappa shape index (κ1) is 14.7. The van der Waals surface area contributed by atoms with Crippen LogP contribution in [0.1, 0.15) is 53.9 Å². The molecule has 0 bridgehead atoms. The first-order valence-corrected chi connectivity index (χ1v) is 8.77. The Labute approximate surface area is 107 Å². The number of hydrogen-bond acceptors (Lipinski definition) is 1. The Bertz CT molecular complexity index is 208. The van der Waals surface area contributed by atoms with Crippen LogP contribution in [0.25, 0.3) is 0 Å². The summed E-state index contributed by atoms with van der Waals surface area (Å²) in [5, 5.41) is 0. The minimum absolute atomic E-state index is 0.398. The van der Waals surface area contributed by atoms with Gasteiger partial charge in [0, 0.05) is 5.66 Å². The van der Waals surface area contributed by atoms with Gasteiger partial charge in [0.25, 0.3) is 0 Å². The van der Waals surface area contributed by atoms with Gasteiger partial charge in [0.1, 0.15) is 7.50 Å². The fourth-order valence-electron chi connectivity index (χ4n) is 2.49. The van der Waals surface area contributed by atoms with E-state index >= 15 is 0 Å². The molecule has 1 fully saturated rings. The summed E-state index contributed by atoms with van der Waals surface area (Å²) >= 11 is 6.31. The fourth-order valence-corrected chi connectivity index (χ4v) is 3.54. The highest BCUT2D eigenvalue weighted by atomic mass is 35.7. The molecule has 3 heteroatoms. The summed E-state index contributed by atoms with van der Waals surface area (Å²) in [5.41, 5.74) is 0.460. The molecule has 0 aromatic carbocycles. The van der Waals surface area contributed by atoms with Gasteiger partial charge in [-0.15, -0.1) is 0 Å². The maximum absolute atomic E-state index is 6.31. The molecule has 4 unspecified atom stereocenters. The molecule has 1 aliphatic rings. The second kappa shape index (κ2) is 6.57. The standard InChI is InChI=1S/C13H26ClOP/c1-9(2)12-7-6-11(5)8-13(12)15-16(14)10(3)4/h9-13H,6-8H2,1-5H3. The van der Waals surface area contributed by atoms with Gasteiger partial charge in [0.15, 0.2) is 0 Å². The van der Waals surface area contributed by atoms with Crippen molar-refractivity contribution in [1.29, 1.82) is 0 Å². The van der Waals surface area contributed by atoms with Crippen LogP contribution >= 0.6 is 18.7 Å². The van der Waals surface area contributed by atoms with Crippen LogP contribution in [0.2, 0.25) is 0 Å². The lowest BCUT2D eigenvalue weighted by atomic mass is 9.75. The monoisotopic (exact) mass is 264 g/mol. The average molecular weight is 265 g/mol. The molecule has 0 aromatic heterocycles. The predicted octanol–water partition coefficient (Wildman–Crippen LogP) is 5.42. The van der Waals surface area contributed by atoms with E-state index in [9.17, 15) is 0 Å². The molecule has 0 aromatic rings. The molecular weight excluding hydrogens is 239 g/mol. The molecule has 0 aliphatic heterocycles. The predicted molar refractivity (Wildman–Crippen MR) is 74.1 cm³/mol. The Hall–Kier alpha value is 0.680. The van der Waals surface area contributed by atoms with Crippen LogP contribution in [0.5, 0.6) is 0 Å². The minimum atomic E-state index is -0.761. The molecule has 96 valence electrons. The van der Waals surface area contributed by atoms with Crippen LogP contribution in [0.4, 0.5) is 0 Å². The van der Waals surface area contributed by atoms with E-state index in [2.05, 4.69) is 34.6 Å². The Morgan fingerprint density at radius 1 is 1.19 bits per heavy atom. The van der Waals surface area contributed by atoms with Gasteiger partial charge >= 0.3 is 0 Å². The summed E-state index contributed by atoms with van der Waals surface area (Å²) in [7, 11) is -0.761. The zero-order valence-electron chi connectivity index (χ0n) is 11.2. The van der Waals surface area contributed by atoms with Crippen LogP contribution in [0.15, 0.2) is 0 Å². The van der Waals surface area contributed by atoms with Crippen LogP contribution < -0.4 is 0 Å². The highest BCUT2D eigenvalue weighted by molar-refractivity contribution is 7.80. The summed E-state index contributed by atoms with van der Waals surface area (Å²) in [6.45, 7) is 11.2. The number of hydrogen-bond donors (Lipinski definition) is 0. The lowest BCUT2D eigenvalue weighted by Gasteiger charge is -2.38. The molecule has 0 radical (unpaired) electrons. The molecule has 0 heterocycles. The van der Waals surface area contributed by atoms with Gasteiger partial charge in [-0.2, -0.15) is 0 Å². The van der Waals surface area contributed by atoms with Crippen molar-refractivity contribution in [2.75, 3.05) is 0 Å². The lowest BCUT2D eigenvalue weighted by molar-refractivity contribution is 0.0565. The highest BCUT2D eigenvalue weighted by Gasteiger charge is 2.33. The fraction of sp³-hybridized carbons (Fsp3) is 1.00. The highest BCUT2D eigenvalue weighted by Crippen LogP contribution is 2.51. The van der Waals surface area contributed by atoms with E-state index in [1.54, 1.807) is 0 Å². The van der Waals surface area contributed by atoms with E-state index in [1.165, 1.54) is 19.3 Å². The molecule has 0 amide bonds. The van der Waals surface area contributed by atoms with Crippen LogP contribution in [0.3, 0.4) is 0 Å². The van der Waals surface area contributed by atoms with Crippen LogP contribution in [0, 0.1) is 17.8 Å². The van der Waals surface area contributed by atoms with Gasteiger partial charge in [-0.1, -0.05) is 52.3 Å². The summed E-state index contributed by atoms with van der Waals surface area (Å²) < 4.78 is 6.13. The summed E-state index contributed by atoms with van der Waals surface area (Å²) in [6.07, 6.45) is 4.25. The van der Waals surface area contributed by atoms with E-state index < -0.39 is 7.50 Å². The van der Waals surface area contributed by atoms with Gasteiger partial charge in [-0.05, 0) is 30.6 Å². The van der Waals surface area contributed by atoms with E-state index in [0.717, 1.165) is 5.92 Å². The average Bonchev–Trinajstić information content (AvgIpc) is 2.16. The summed E-state index contributed by atoms with van der Waals surface area (Å²) in [4.78, 5) is 0.